The van der Waals surface area contributed by atoms with Crippen LogP contribution in [0.2, 0.25) is 0 Å². The van der Waals surface area contributed by atoms with Gasteiger partial charge in [-0.2, -0.15) is 0 Å². The van der Waals surface area contributed by atoms with Crippen molar-refractivity contribution in [1.29, 1.82) is 0 Å². The molecule has 1 aliphatic heterocycles. The number of methoxy groups -OCH3 is 1. The molecule has 0 spiro atoms. The molecule has 1 amide bonds. The van der Waals surface area contributed by atoms with Crippen molar-refractivity contribution < 1.29 is 9.53 Å². The van der Waals surface area contributed by atoms with Gasteiger partial charge in [0.2, 0.25) is 0 Å². The van der Waals surface area contributed by atoms with E-state index < -0.39 is 0 Å². The number of carbonyl (C=O) groups is 1. The number of hydrogen-bond acceptors (Lipinski definition) is 3. The number of benzene rings is 1. The van der Waals surface area contributed by atoms with E-state index in [9.17, 15) is 4.79 Å². The Morgan fingerprint density at radius 1 is 1.53 bits per heavy atom. The van der Waals surface area contributed by atoms with Crippen LogP contribution in [0.15, 0.2) is 22.7 Å². The van der Waals surface area contributed by atoms with Crippen LogP contribution in [0.3, 0.4) is 0 Å². The van der Waals surface area contributed by atoms with Gasteiger partial charge in [0.05, 0.1) is 11.6 Å². The minimum absolute atomic E-state index is 0. The van der Waals surface area contributed by atoms with E-state index in [0.717, 1.165) is 29.7 Å². The van der Waals surface area contributed by atoms with Crippen LogP contribution >= 0.6 is 28.3 Å². The van der Waals surface area contributed by atoms with Crippen LogP contribution in [0.1, 0.15) is 16.8 Å². The summed E-state index contributed by atoms with van der Waals surface area (Å²) in [5.41, 5.74) is 0.694. The first kappa shape index (κ1) is 16.3. The van der Waals surface area contributed by atoms with Gasteiger partial charge in [-0.1, -0.05) is 0 Å². The van der Waals surface area contributed by atoms with Crippen LogP contribution in [0.25, 0.3) is 0 Å². The molecule has 19 heavy (non-hydrogen) atoms. The van der Waals surface area contributed by atoms with E-state index in [1.54, 1.807) is 13.2 Å². The highest BCUT2D eigenvalue weighted by molar-refractivity contribution is 9.10. The molecule has 1 saturated heterocycles. The van der Waals surface area contributed by atoms with Crippen molar-refractivity contribution in [2.45, 2.75) is 12.5 Å². The predicted octanol–water partition coefficient (Wildman–Crippen LogP) is 2.31. The van der Waals surface area contributed by atoms with Crippen molar-refractivity contribution in [3.05, 3.63) is 28.2 Å². The summed E-state index contributed by atoms with van der Waals surface area (Å²) in [7, 11) is 3.54. The fourth-order valence-electron chi connectivity index (χ4n) is 2.16. The zero-order valence-corrected chi connectivity index (χ0v) is 13.4. The minimum Gasteiger partial charge on any atom is -0.496 e. The maximum absolute atomic E-state index is 12.3. The van der Waals surface area contributed by atoms with Crippen LogP contribution in [0, 0.1) is 0 Å². The molecule has 1 aliphatic rings. The lowest BCUT2D eigenvalue weighted by atomic mass is 10.2. The standard InChI is InChI=1S/C13H17BrN2O2.ClH/c1-15-10-5-6-16(8-10)13(17)9-3-4-12(18-2)11(14)7-9;/h3-4,7,10,15H,5-6,8H2,1-2H3;1H. The number of ether oxygens (including phenoxy) is 1. The van der Waals surface area contributed by atoms with Gasteiger partial charge in [-0.05, 0) is 47.6 Å². The van der Waals surface area contributed by atoms with Crippen molar-refractivity contribution in [1.82, 2.24) is 10.2 Å². The molecule has 6 heteroatoms. The molecule has 4 nitrogen and oxygen atoms in total. The van der Waals surface area contributed by atoms with Gasteiger partial charge in [0.1, 0.15) is 5.75 Å². The third kappa shape index (κ3) is 3.61. The SMILES string of the molecule is CNC1CCN(C(=O)c2ccc(OC)c(Br)c2)C1.Cl. The molecule has 106 valence electrons. The van der Waals surface area contributed by atoms with Crippen LogP contribution in [0.4, 0.5) is 0 Å². The molecule has 1 N–H and O–H groups in total. The monoisotopic (exact) mass is 348 g/mol. The quantitative estimate of drug-likeness (QED) is 0.910. The van der Waals surface area contributed by atoms with Crippen molar-refractivity contribution in [3.8, 4) is 5.75 Å². The Balaban J connectivity index is 0.00000180. The van der Waals surface area contributed by atoms with Gasteiger partial charge in [0.25, 0.3) is 5.91 Å². The van der Waals surface area contributed by atoms with Crippen molar-refractivity contribution in [2.24, 2.45) is 0 Å². The largest absolute Gasteiger partial charge is 0.496 e. The second kappa shape index (κ2) is 7.12. The molecule has 1 aromatic carbocycles. The lowest BCUT2D eigenvalue weighted by molar-refractivity contribution is 0.0789. The molecule has 0 aromatic heterocycles. The van der Waals surface area contributed by atoms with Gasteiger partial charge in [-0.15, -0.1) is 12.4 Å². The summed E-state index contributed by atoms with van der Waals surface area (Å²) in [6.45, 7) is 1.59. The summed E-state index contributed by atoms with van der Waals surface area (Å²) in [5, 5.41) is 3.21. The van der Waals surface area contributed by atoms with Crippen molar-refractivity contribution in [2.75, 3.05) is 27.2 Å². The lowest BCUT2D eigenvalue weighted by Gasteiger charge is -2.17. The Morgan fingerprint density at radius 3 is 2.79 bits per heavy atom. The average molecular weight is 350 g/mol. The number of likely N-dealkylation sites (N-methyl/N-ethyl adjacent to an activating group) is 1. The average Bonchev–Trinajstić information content (AvgIpc) is 2.86. The Bertz CT molecular complexity index is 456. The molecule has 1 heterocycles. The number of hydrogen-bond donors (Lipinski definition) is 1. The van der Waals surface area contributed by atoms with E-state index >= 15 is 0 Å². The van der Waals surface area contributed by atoms with Gasteiger partial charge in [-0.25, -0.2) is 0 Å². The van der Waals surface area contributed by atoms with E-state index in [1.165, 1.54) is 0 Å². The second-order valence-corrected chi connectivity index (χ2v) is 5.23. The summed E-state index contributed by atoms with van der Waals surface area (Å²) in [6, 6.07) is 5.84. The van der Waals surface area contributed by atoms with Crippen LogP contribution in [-0.2, 0) is 0 Å². The molecule has 2 rings (SSSR count). The number of likely N-dealkylation sites (tertiary alicyclic amines) is 1. The van der Waals surface area contributed by atoms with Crippen LogP contribution < -0.4 is 10.1 Å². The Labute approximate surface area is 128 Å². The highest BCUT2D eigenvalue weighted by atomic mass is 79.9. The smallest absolute Gasteiger partial charge is 0.253 e. The summed E-state index contributed by atoms with van der Waals surface area (Å²) in [6.07, 6.45) is 1.01. The predicted molar refractivity (Wildman–Crippen MR) is 81.3 cm³/mol. The first-order valence-electron chi connectivity index (χ1n) is 5.95. The maximum Gasteiger partial charge on any atom is 0.253 e. The van der Waals surface area contributed by atoms with E-state index in [4.69, 9.17) is 4.74 Å². The molecule has 0 saturated carbocycles. The number of halogens is 2. The summed E-state index contributed by atoms with van der Waals surface area (Å²) < 4.78 is 5.96. The normalized spacial score (nSPS) is 18.1. The van der Waals surface area contributed by atoms with Gasteiger partial charge < -0.3 is 15.0 Å². The van der Waals surface area contributed by atoms with Gasteiger partial charge in [-0.3, -0.25) is 4.79 Å². The van der Waals surface area contributed by atoms with Crippen LogP contribution in [-0.4, -0.2) is 44.1 Å². The molecule has 1 unspecified atom stereocenters. The van der Waals surface area contributed by atoms with E-state index in [2.05, 4.69) is 21.2 Å². The Morgan fingerprint density at radius 2 is 2.26 bits per heavy atom. The highest BCUT2D eigenvalue weighted by Crippen LogP contribution is 2.26. The molecule has 0 radical (unpaired) electrons. The summed E-state index contributed by atoms with van der Waals surface area (Å²) >= 11 is 3.40. The third-order valence-corrected chi connectivity index (χ3v) is 3.90. The second-order valence-electron chi connectivity index (χ2n) is 4.37. The molecule has 1 aromatic rings. The fourth-order valence-corrected chi connectivity index (χ4v) is 2.70. The van der Waals surface area contributed by atoms with Crippen molar-refractivity contribution >= 4 is 34.2 Å². The van der Waals surface area contributed by atoms with Gasteiger partial charge in [0, 0.05) is 24.7 Å². The molecular formula is C13H18BrClN2O2. The van der Waals surface area contributed by atoms with E-state index in [1.807, 2.05) is 24.1 Å². The first-order valence-corrected chi connectivity index (χ1v) is 6.75. The van der Waals surface area contributed by atoms with Crippen LogP contribution in [0.5, 0.6) is 5.75 Å². The lowest BCUT2D eigenvalue weighted by Crippen LogP contribution is -2.33. The number of nitrogens with one attached hydrogen (secondary N) is 1. The van der Waals surface area contributed by atoms with Gasteiger partial charge >= 0.3 is 0 Å². The Hall–Kier alpha value is -0.780. The number of amides is 1. The van der Waals surface area contributed by atoms with Crippen molar-refractivity contribution in [3.63, 3.8) is 0 Å². The van der Waals surface area contributed by atoms with E-state index in [0.29, 0.717) is 11.6 Å². The number of carbonyl (C=O) groups excluding carboxylic acids is 1. The Kier molecular flexibility index (Phi) is 6.10. The number of rotatable bonds is 3. The molecule has 0 aliphatic carbocycles. The number of nitrogens with zero attached hydrogens (tertiary/aromatic N) is 1. The molecule has 1 fully saturated rings. The zero-order valence-electron chi connectivity index (χ0n) is 11.0. The minimum atomic E-state index is 0. The maximum atomic E-state index is 12.3. The third-order valence-electron chi connectivity index (χ3n) is 3.28. The first-order chi connectivity index (χ1) is 8.65. The molecule has 1 atom stereocenters. The zero-order chi connectivity index (χ0) is 13.1. The van der Waals surface area contributed by atoms with E-state index in [-0.39, 0.29) is 18.3 Å². The highest BCUT2D eigenvalue weighted by Gasteiger charge is 2.26. The fraction of sp³-hybridized carbons (Fsp3) is 0.462. The summed E-state index contributed by atoms with van der Waals surface area (Å²) in [4.78, 5) is 14.2. The van der Waals surface area contributed by atoms with Gasteiger partial charge in [0.15, 0.2) is 0 Å². The topological polar surface area (TPSA) is 41.6 Å². The molecule has 0 bridgehead atoms. The summed E-state index contributed by atoms with van der Waals surface area (Å²) in [5.74, 6) is 0.817. The molecular weight excluding hydrogens is 332 g/mol.